The maximum absolute atomic E-state index is 10.4. The molecule has 0 atom stereocenters. The Kier molecular flexibility index (Phi) is 2.32. The summed E-state index contributed by atoms with van der Waals surface area (Å²) in [4.78, 5) is 20.9. The lowest BCUT2D eigenvalue weighted by molar-refractivity contribution is -0.255. The minimum absolute atomic E-state index is 0.0241. The minimum atomic E-state index is -1.30. The molecule has 1 aromatic rings. The van der Waals surface area contributed by atoms with Crippen molar-refractivity contribution in [3.8, 4) is 0 Å². The van der Waals surface area contributed by atoms with Crippen molar-refractivity contribution in [3.05, 3.63) is 21.9 Å². The Labute approximate surface area is 76.9 Å². The van der Waals surface area contributed by atoms with Crippen LogP contribution >= 0.6 is 15.9 Å². The Morgan fingerprint density at radius 1 is 1.75 bits per heavy atom. The number of nitrogens with zero attached hydrogens (tertiary/aromatic N) is 1. The third kappa shape index (κ3) is 1.27. The molecule has 0 spiro atoms. The number of halogens is 1. The number of carbonyl (C=O) groups is 2. The first-order valence-corrected chi connectivity index (χ1v) is 3.89. The van der Waals surface area contributed by atoms with Crippen molar-refractivity contribution in [2.75, 3.05) is 0 Å². The van der Waals surface area contributed by atoms with Crippen molar-refractivity contribution in [3.63, 3.8) is 0 Å². The Hall–Kier alpha value is -1.10. The van der Waals surface area contributed by atoms with Crippen molar-refractivity contribution in [1.29, 1.82) is 0 Å². The molecule has 1 rings (SSSR count). The standard InChI is InChI=1S/C7H6BrNO3/c1-9-5(7(11)12)2-4(8)6(9)3-10/h2-3H,1H3,(H,11,12)/p-1. The number of rotatable bonds is 2. The molecule has 12 heavy (non-hydrogen) atoms. The highest BCUT2D eigenvalue weighted by atomic mass is 79.9. The highest BCUT2D eigenvalue weighted by Gasteiger charge is 2.09. The van der Waals surface area contributed by atoms with Gasteiger partial charge in [0.2, 0.25) is 0 Å². The van der Waals surface area contributed by atoms with Crippen LogP contribution in [0, 0.1) is 0 Å². The summed E-state index contributed by atoms with van der Waals surface area (Å²) in [5.74, 6) is -1.30. The highest BCUT2D eigenvalue weighted by Crippen LogP contribution is 2.18. The smallest absolute Gasteiger partial charge is 0.167 e. The van der Waals surface area contributed by atoms with E-state index in [0.29, 0.717) is 10.8 Å². The quantitative estimate of drug-likeness (QED) is 0.671. The second-order valence-electron chi connectivity index (χ2n) is 2.23. The molecule has 0 aliphatic rings. The zero-order valence-electron chi connectivity index (χ0n) is 6.20. The first-order chi connectivity index (χ1) is 5.57. The molecule has 0 amide bonds. The van der Waals surface area contributed by atoms with E-state index in [0.717, 1.165) is 0 Å². The number of aldehydes is 1. The van der Waals surface area contributed by atoms with Crippen LogP contribution in [-0.4, -0.2) is 16.8 Å². The zero-order chi connectivity index (χ0) is 9.30. The fraction of sp³-hybridized carbons (Fsp3) is 0.143. The summed E-state index contributed by atoms with van der Waals surface area (Å²) in [6.07, 6.45) is 0.580. The highest BCUT2D eigenvalue weighted by molar-refractivity contribution is 9.10. The van der Waals surface area contributed by atoms with E-state index in [-0.39, 0.29) is 11.4 Å². The minimum Gasteiger partial charge on any atom is -0.543 e. The largest absolute Gasteiger partial charge is 0.543 e. The van der Waals surface area contributed by atoms with Crippen LogP contribution in [0.25, 0.3) is 0 Å². The van der Waals surface area contributed by atoms with Crippen LogP contribution in [0.4, 0.5) is 0 Å². The van der Waals surface area contributed by atoms with Crippen LogP contribution in [-0.2, 0) is 7.05 Å². The average molecular weight is 231 g/mol. The summed E-state index contributed by atoms with van der Waals surface area (Å²) in [6, 6.07) is 1.33. The third-order valence-corrected chi connectivity index (χ3v) is 2.19. The molecule has 0 saturated heterocycles. The van der Waals surface area contributed by atoms with Crippen molar-refractivity contribution < 1.29 is 14.7 Å². The molecule has 0 aliphatic carbocycles. The van der Waals surface area contributed by atoms with Crippen molar-refractivity contribution in [2.24, 2.45) is 7.05 Å². The van der Waals surface area contributed by atoms with E-state index >= 15 is 0 Å². The second-order valence-corrected chi connectivity index (χ2v) is 3.08. The van der Waals surface area contributed by atoms with Crippen molar-refractivity contribution >= 4 is 28.2 Å². The Bertz CT molecular complexity index is 343. The van der Waals surface area contributed by atoms with Gasteiger partial charge in [-0.3, -0.25) is 4.79 Å². The lowest BCUT2D eigenvalue weighted by Gasteiger charge is -2.03. The number of carboxylic acid groups (broad SMARTS) is 1. The molecule has 1 heterocycles. The predicted molar refractivity (Wildman–Crippen MR) is 42.8 cm³/mol. The molecule has 0 radical (unpaired) electrons. The van der Waals surface area contributed by atoms with Gasteiger partial charge in [-0.05, 0) is 22.0 Å². The van der Waals surface area contributed by atoms with Gasteiger partial charge in [-0.2, -0.15) is 0 Å². The molecule has 0 unspecified atom stereocenters. The van der Waals surface area contributed by atoms with Gasteiger partial charge in [0.05, 0.1) is 17.4 Å². The lowest BCUT2D eigenvalue weighted by Crippen LogP contribution is -2.25. The van der Waals surface area contributed by atoms with E-state index in [4.69, 9.17) is 0 Å². The van der Waals surface area contributed by atoms with E-state index in [1.54, 1.807) is 0 Å². The molecule has 0 fully saturated rings. The van der Waals surface area contributed by atoms with E-state index in [1.165, 1.54) is 17.7 Å². The number of aromatic nitrogens is 1. The Balaban J connectivity index is 3.35. The molecular formula is C7H5BrNO3-. The van der Waals surface area contributed by atoms with Gasteiger partial charge < -0.3 is 14.5 Å². The molecule has 5 heteroatoms. The maximum Gasteiger partial charge on any atom is 0.167 e. The summed E-state index contributed by atoms with van der Waals surface area (Å²) >= 11 is 3.05. The molecule has 1 aromatic heterocycles. The molecule has 4 nitrogen and oxygen atoms in total. The molecule has 64 valence electrons. The van der Waals surface area contributed by atoms with Crippen LogP contribution in [0.3, 0.4) is 0 Å². The summed E-state index contributed by atoms with van der Waals surface area (Å²) in [5, 5.41) is 10.4. The first kappa shape index (κ1) is 8.99. The van der Waals surface area contributed by atoms with Crippen LogP contribution in [0.2, 0.25) is 0 Å². The lowest BCUT2D eigenvalue weighted by atomic mass is 10.4. The van der Waals surface area contributed by atoms with Gasteiger partial charge in [0.1, 0.15) is 0 Å². The maximum atomic E-state index is 10.4. The average Bonchev–Trinajstić information content (AvgIpc) is 2.27. The van der Waals surface area contributed by atoms with Gasteiger partial charge in [-0.1, -0.05) is 0 Å². The fourth-order valence-electron chi connectivity index (χ4n) is 0.912. The molecule has 0 saturated carbocycles. The van der Waals surface area contributed by atoms with Crippen LogP contribution < -0.4 is 5.11 Å². The number of hydrogen-bond donors (Lipinski definition) is 0. The molecule has 0 aliphatic heterocycles. The third-order valence-electron chi connectivity index (χ3n) is 1.55. The van der Waals surface area contributed by atoms with E-state index in [2.05, 4.69) is 15.9 Å². The van der Waals surface area contributed by atoms with Gasteiger partial charge >= 0.3 is 0 Å². The molecule has 0 aromatic carbocycles. The first-order valence-electron chi connectivity index (χ1n) is 3.09. The SMILES string of the molecule is Cn1c(C(=O)[O-])cc(Br)c1C=O. The van der Waals surface area contributed by atoms with Crippen LogP contribution in [0.1, 0.15) is 21.0 Å². The van der Waals surface area contributed by atoms with Gasteiger partial charge in [0.25, 0.3) is 0 Å². The van der Waals surface area contributed by atoms with E-state index < -0.39 is 5.97 Å². The number of aromatic carboxylic acids is 1. The summed E-state index contributed by atoms with van der Waals surface area (Å²) < 4.78 is 1.71. The Morgan fingerprint density at radius 2 is 2.33 bits per heavy atom. The van der Waals surface area contributed by atoms with Gasteiger partial charge in [-0.15, -0.1) is 0 Å². The van der Waals surface area contributed by atoms with Gasteiger partial charge in [-0.25, -0.2) is 0 Å². The van der Waals surface area contributed by atoms with E-state index in [9.17, 15) is 14.7 Å². The fourth-order valence-corrected chi connectivity index (χ4v) is 1.49. The summed E-state index contributed by atoms with van der Waals surface area (Å²) in [6.45, 7) is 0. The van der Waals surface area contributed by atoms with Gasteiger partial charge in [0.15, 0.2) is 6.29 Å². The summed E-state index contributed by atoms with van der Waals surface area (Å²) in [5.41, 5.74) is 0.262. The molecular weight excluding hydrogens is 226 g/mol. The van der Waals surface area contributed by atoms with Crippen molar-refractivity contribution in [2.45, 2.75) is 0 Å². The van der Waals surface area contributed by atoms with Gasteiger partial charge in [0, 0.05) is 11.5 Å². The molecule has 0 bridgehead atoms. The number of hydrogen-bond acceptors (Lipinski definition) is 3. The number of carbonyl (C=O) groups excluding carboxylic acids is 2. The van der Waals surface area contributed by atoms with Crippen molar-refractivity contribution in [1.82, 2.24) is 4.57 Å². The number of carboxylic acids is 1. The van der Waals surface area contributed by atoms with Crippen LogP contribution in [0.5, 0.6) is 0 Å². The predicted octanol–water partition coefficient (Wildman–Crippen LogP) is -0.0364. The van der Waals surface area contributed by atoms with E-state index in [1.807, 2.05) is 0 Å². The topological polar surface area (TPSA) is 62.1 Å². The normalized spacial score (nSPS) is 9.83. The molecule has 0 N–H and O–H groups in total. The zero-order valence-corrected chi connectivity index (χ0v) is 7.79. The second kappa shape index (κ2) is 3.10. The summed E-state index contributed by atoms with van der Waals surface area (Å²) in [7, 11) is 1.49. The monoisotopic (exact) mass is 230 g/mol. The Morgan fingerprint density at radius 3 is 2.58 bits per heavy atom. The van der Waals surface area contributed by atoms with Crippen LogP contribution in [0.15, 0.2) is 10.5 Å².